The molecule has 3 aromatic rings. The normalized spacial score (nSPS) is 10.6. The van der Waals surface area contributed by atoms with Crippen LogP contribution in [0.1, 0.15) is 20.7 Å². The molecule has 3 aromatic carbocycles. The molecule has 1 amide bonds. The van der Waals surface area contributed by atoms with Crippen LogP contribution in [0.5, 0.6) is 5.75 Å². The predicted molar refractivity (Wildman–Crippen MR) is 96.8 cm³/mol. The number of carboxylic acid groups (broad SMARTS) is 1. The summed E-state index contributed by atoms with van der Waals surface area (Å²) in [6.07, 6.45) is 0. The maximum absolute atomic E-state index is 13.7. The summed E-state index contributed by atoms with van der Waals surface area (Å²) in [7, 11) is 1.25. The Hall–Kier alpha value is -3.12. The molecule has 3 rings (SSSR count). The van der Waals surface area contributed by atoms with Crippen LogP contribution in [0.25, 0.3) is 10.8 Å². The first-order chi connectivity index (χ1) is 12.4. The van der Waals surface area contributed by atoms with Gasteiger partial charge >= 0.3 is 5.97 Å². The molecule has 0 unspecified atom stereocenters. The van der Waals surface area contributed by atoms with Crippen LogP contribution in [-0.4, -0.2) is 24.1 Å². The van der Waals surface area contributed by atoms with Crippen molar-refractivity contribution in [1.29, 1.82) is 0 Å². The van der Waals surface area contributed by atoms with Crippen LogP contribution in [0, 0.1) is 5.82 Å². The highest BCUT2D eigenvalue weighted by Crippen LogP contribution is 2.27. The highest BCUT2D eigenvalue weighted by Gasteiger charge is 2.18. The molecule has 132 valence electrons. The average molecular weight is 374 g/mol. The van der Waals surface area contributed by atoms with E-state index in [9.17, 15) is 19.1 Å². The number of methoxy groups -OCH3 is 1. The van der Waals surface area contributed by atoms with Gasteiger partial charge in [0.25, 0.3) is 5.91 Å². The van der Waals surface area contributed by atoms with Gasteiger partial charge in [0.1, 0.15) is 0 Å². The number of ether oxygens (including phenoxy) is 1. The number of nitrogens with one attached hydrogen (secondary N) is 1. The summed E-state index contributed by atoms with van der Waals surface area (Å²) in [5.41, 5.74) is -0.111. The average Bonchev–Trinajstić information content (AvgIpc) is 2.62. The lowest BCUT2D eigenvalue weighted by Crippen LogP contribution is -2.15. The van der Waals surface area contributed by atoms with Gasteiger partial charge in [0.15, 0.2) is 11.6 Å². The molecule has 0 fully saturated rings. The second-order valence-corrected chi connectivity index (χ2v) is 5.93. The third-order valence-electron chi connectivity index (χ3n) is 3.84. The molecule has 5 nitrogen and oxygen atoms in total. The van der Waals surface area contributed by atoms with Crippen LogP contribution in [0.15, 0.2) is 48.5 Å². The van der Waals surface area contributed by atoms with Crippen molar-refractivity contribution in [3.05, 3.63) is 70.5 Å². The number of fused-ring (bicyclic) bond motifs is 1. The molecule has 0 atom stereocenters. The van der Waals surface area contributed by atoms with Gasteiger partial charge in [0.05, 0.1) is 18.4 Å². The SMILES string of the molecule is COc1cc(NC(=O)c2ccc3cc(Cl)ccc3c2)c(C(=O)O)cc1F. The van der Waals surface area contributed by atoms with Gasteiger partial charge < -0.3 is 15.2 Å². The number of benzene rings is 3. The lowest BCUT2D eigenvalue weighted by Gasteiger charge is -2.12. The largest absolute Gasteiger partial charge is 0.494 e. The zero-order valence-corrected chi connectivity index (χ0v) is 14.3. The fourth-order valence-electron chi connectivity index (χ4n) is 2.54. The van der Waals surface area contributed by atoms with Crippen LogP contribution in [0.4, 0.5) is 10.1 Å². The fourth-order valence-corrected chi connectivity index (χ4v) is 2.72. The van der Waals surface area contributed by atoms with Crippen LogP contribution >= 0.6 is 11.6 Å². The Balaban J connectivity index is 1.97. The van der Waals surface area contributed by atoms with E-state index in [1.165, 1.54) is 7.11 Å². The molecule has 0 aliphatic rings. The van der Waals surface area contributed by atoms with E-state index in [1.54, 1.807) is 36.4 Å². The maximum Gasteiger partial charge on any atom is 0.337 e. The van der Waals surface area contributed by atoms with Gasteiger partial charge in [-0.05, 0) is 41.1 Å². The molecule has 0 saturated carbocycles. The van der Waals surface area contributed by atoms with E-state index < -0.39 is 17.7 Å². The summed E-state index contributed by atoms with van der Waals surface area (Å²) < 4.78 is 18.6. The van der Waals surface area contributed by atoms with Crippen molar-refractivity contribution in [2.24, 2.45) is 0 Å². The molecular weight excluding hydrogens is 361 g/mol. The highest BCUT2D eigenvalue weighted by molar-refractivity contribution is 6.31. The number of amides is 1. The predicted octanol–water partition coefficient (Wildman–Crippen LogP) is 4.59. The van der Waals surface area contributed by atoms with Crippen molar-refractivity contribution in [2.75, 3.05) is 12.4 Å². The Labute approximate surface area is 153 Å². The van der Waals surface area contributed by atoms with E-state index in [4.69, 9.17) is 16.3 Å². The van der Waals surface area contributed by atoms with E-state index in [-0.39, 0.29) is 17.0 Å². The summed E-state index contributed by atoms with van der Waals surface area (Å²) >= 11 is 5.94. The Morgan fingerprint density at radius 1 is 1.08 bits per heavy atom. The number of halogens is 2. The summed E-state index contributed by atoms with van der Waals surface area (Å²) in [4.78, 5) is 23.8. The summed E-state index contributed by atoms with van der Waals surface area (Å²) in [6, 6.07) is 12.2. The zero-order valence-electron chi connectivity index (χ0n) is 13.5. The van der Waals surface area contributed by atoms with Crippen LogP contribution < -0.4 is 10.1 Å². The van der Waals surface area contributed by atoms with Crippen LogP contribution in [0.3, 0.4) is 0 Å². The second kappa shape index (κ2) is 7.01. The van der Waals surface area contributed by atoms with E-state index in [2.05, 4.69) is 5.32 Å². The maximum atomic E-state index is 13.7. The first-order valence-corrected chi connectivity index (χ1v) is 7.88. The molecule has 0 aliphatic carbocycles. The first kappa shape index (κ1) is 17.7. The van der Waals surface area contributed by atoms with Crippen molar-refractivity contribution in [3.8, 4) is 5.75 Å². The summed E-state index contributed by atoms with van der Waals surface area (Å²) in [6.45, 7) is 0. The summed E-state index contributed by atoms with van der Waals surface area (Å²) in [5, 5.41) is 14.0. The molecule has 0 aliphatic heterocycles. The third-order valence-corrected chi connectivity index (χ3v) is 4.07. The van der Waals surface area contributed by atoms with Crippen molar-refractivity contribution in [2.45, 2.75) is 0 Å². The van der Waals surface area contributed by atoms with Gasteiger partial charge in [-0.2, -0.15) is 0 Å². The number of carboxylic acids is 1. The topological polar surface area (TPSA) is 75.6 Å². The minimum Gasteiger partial charge on any atom is -0.494 e. The van der Waals surface area contributed by atoms with Crippen molar-refractivity contribution in [3.63, 3.8) is 0 Å². The first-order valence-electron chi connectivity index (χ1n) is 7.50. The fraction of sp³-hybridized carbons (Fsp3) is 0.0526. The minimum atomic E-state index is -1.37. The molecule has 0 aromatic heterocycles. The van der Waals surface area contributed by atoms with Gasteiger partial charge in [-0.15, -0.1) is 0 Å². The molecule has 0 spiro atoms. The van der Waals surface area contributed by atoms with Crippen molar-refractivity contribution >= 4 is 39.9 Å². The number of anilines is 1. The third kappa shape index (κ3) is 3.45. The Kier molecular flexibility index (Phi) is 4.77. The number of carbonyl (C=O) groups excluding carboxylic acids is 1. The monoisotopic (exact) mass is 373 g/mol. The number of carbonyl (C=O) groups is 2. The standard InChI is InChI=1S/C19H13ClFNO4/c1-26-17-9-16(14(19(24)25)8-15(17)21)22-18(23)12-3-2-11-7-13(20)5-4-10(11)6-12/h2-9H,1H3,(H,22,23)(H,24,25). The van der Waals surface area contributed by atoms with E-state index >= 15 is 0 Å². The van der Waals surface area contributed by atoms with Crippen molar-refractivity contribution < 1.29 is 23.8 Å². The molecule has 26 heavy (non-hydrogen) atoms. The Bertz CT molecular complexity index is 1040. The van der Waals surface area contributed by atoms with Gasteiger partial charge in [-0.3, -0.25) is 4.79 Å². The molecule has 0 radical (unpaired) electrons. The van der Waals surface area contributed by atoms with Crippen molar-refractivity contribution in [1.82, 2.24) is 0 Å². The molecule has 2 N–H and O–H groups in total. The quantitative estimate of drug-likeness (QED) is 0.701. The highest BCUT2D eigenvalue weighted by atomic mass is 35.5. The second-order valence-electron chi connectivity index (χ2n) is 5.50. The van der Waals surface area contributed by atoms with Gasteiger partial charge in [0, 0.05) is 16.7 Å². The van der Waals surface area contributed by atoms with E-state index in [1.807, 2.05) is 0 Å². The van der Waals surface area contributed by atoms with Gasteiger partial charge in [-0.25, -0.2) is 9.18 Å². The lowest BCUT2D eigenvalue weighted by atomic mass is 10.1. The number of hydrogen-bond acceptors (Lipinski definition) is 3. The Morgan fingerprint density at radius 2 is 1.77 bits per heavy atom. The molecular formula is C19H13ClFNO4. The van der Waals surface area contributed by atoms with Crippen LogP contribution in [0.2, 0.25) is 5.02 Å². The van der Waals surface area contributed by atoms with Crippen LogP contribution in [-0.2, 0) is 0 Å². The molecule has 7 heteroatoms. The van der Waals surface area contributed by atoms with Gasteiger partial charge in [0.2, 0.25) is 0 Å². The van der Waals surface area contributed by atoms with Gasteiger partial charge in [-0.1, -0.05) is 23.7 Å². The summed E-state index contributed by atoms with van der Waals surface area (Å²) in [5.74, 6) is -2.89. The minimum absolute atomic E-state index is 0.0584. The number of rotatable bonds is 4. The zero-order chi connectivity index (χ0) is 18.8. The molecule has 0 heterocycles. The van der Waals surface area contributed by atoms with E-state index in [0.717, 1.165) is 22.9 Å². The number of hydrogen-bond donors (Lipinski definition) is 2. The lowest BCUT2D eigenvalue weighted by molar-refractivity contribution is 0.0697. The smallest absolute Gasteiger partial charge is 0.337 e. The Morgan fingerprint density at radius 3 is 2.46 bits per heavy atom. The molecule has 0 bridgehead atoms. The molecule has 0 saturated heterocycles. The van der Waals surface area contributed by atoms with E-state index in [0.29, 0.717) is 10.6 Å². The number of aromatic carboxylic acids is 1.